The van der Waals surface area contributed by atoms with E-state index in [-0.39, 0.29) is 5.69 Å². The van der Waals surface area contributed by atoms with Gasteiger partial charge >= 0.3 is 0 Å². The predicted molar refractivity (Wildman–Crippen MR) is 66.8 cm³/mol. The molecule has 19 heavy (non-hydrogen) atoms. The molecule has 0 saturated heterocycles. The smallest absolute Gasteiger partial charge is 0.258 e. The molecule has 7 heteroatoms. The van der Waals surface area contributed by atoms with Crippen LogP contribution in [0.3, 0.4) is 0 Å². The number of pyridine rings is 1. The summed E-state index contributed by atoms with van der Waals surface area (Å²) >= 11 is 1.29. The zero-order valence-corrected chi connectivity index (χ0v) is 10.4. The van der Waals surface area contributed by atoms with Gasteiger partial charge in [0.25, 0.3) is 5.69 Å². The second kappa shape index (κ2) is 5.75. The molecule has 1 heterocycles. The summed E-state index contributed by atoms with van der Waals surface area (Å²) in [6.07, 6.45) is 1.16. The molecule has 0 spiro atoms. The molecule has 0 N–H and O–H groups in total. The number of hydrogen-bond acceptors (Lipinski definition) is 4. The first-order valence-corrected chi connectivity index (χ1v) is 6.22. The van der Waals surface area contributed by atoms with E-state index >= 15 is 0 Å². The maximum atomic E-state index is 13.0. The van der Waals surface area contributed by atoms with Crippen molar-refractivity contribution in [2.24, 2.45) is 0 Å². The Morgan fingerprint density at radius 2 is 2.00 bits per heavy atom. The number of aromatic nitrogens is 1. The van der Waals surface area contributed by atoms with Crippen molar-refractivity contribution in [3.05, 3.63) is 63.8 Å². The lowest BCUT2D eigenvalue weighted by Crippen LogP contribution is -1.90. The van der Waals surface area contributed by atoms with E-state index in [1.807, 2.05) is 0 Å². The lowest BCUT2D eigenvalue weighted by Gasteiger charge is -2.02. The van der Waals surface area contributed by atoms with Gasteiger partial charge in [-0.3, -0.25) is 10.1 Å². The summed E-state index contributed by atoms with van der Waals surface area (Å²) in [6.45, 7) is 0. The molecule has 2 aromatic rings. The van der Waals surface area contributed by atoms with Crippen LogP contribution in [0.5, 0.6) is 0 Å². The summed E-state index contributed by atoms with van der Waals surface area (Å²) in [4.78, 5) is 13.8. The van der Waals surface area contributed by atoms with Gasteiger partial charge in [-0.05, 0) is 23.8 Å². The molecule has 4 nitrogen and oxygen atoms in total. The topological polar surface area (TPSA) is 56.0 Å². The maximum Gasteiger partial charge on any atom is 0.287 e. The average molecular weight is 282 g/mol. The maximum absolute atomic E-state index is 13.0. The summed E-state index contributed by atoms with van der Waals surface area (Å²) in [7, 11) is 0. The van der Waals surface area contributed by atoms with Crippen molar-refractivity contribution < 1.29 is 13.7 Å². The van der Waals surface area contributed by atoms with Crippen molar-refractivity contribution in [3.63, 3.8) is 0 Å². The molecule has 0 unspecified atom stereocenters. The highest BCUT2D eigenvalue weighted by Crippen LogP contribution is 2.23. The molecule has 0 atom stereocenters. The van der Waals surface area contributed by atoms with E-state index in [2.05, 4.69) is 4.98 Å². The Balaban J connectivity index is 2.01. The molecular formula is C12H8F2N2O2S. The van der Waals surface area contributed by atoms with Crippen LogP contribution in [-0.2, 0) is 5.75 Å². The van der Waals surface area contributed by atoms with Crippen LogP contribution in [0.15, 0.2) is 41.6 Å². The number of thioether (sulfide) groups is 1. The monoisotopic (exact) mass is 282 g/mol. The van der Waals surface area contributed by atoms with Crippen molar-refractivity contribution in [2.75, 3.05) is 0 Å². The standard InChI is InChI=1S/C12H8F2N2O2S/c13-10-3-1-8(5-11(10)14)7-19-12-4-2-9(6-15-12)16(17)18/h1-6H,7H2. The van der Waals surface area contributed by atoms with E-state index in [4.69, 9.17) is 0 Å². The Kier molecular flexibility index (Phi) is 4.06. The van der Waals surface area contributed by atoms with E-state index < -0.39 is 16.6 Å². The fourth-order valence-corrected chi connectivity index (χ4v) is 2.14. The largest absolute Gasteiger partial charge is 0.287 e. The molecule has 0 bridgehead atoms. The van der Waals surface area contributed by atoms with Crippen LogP contribution < -0.4 is 0 Å². The van der Waals surface area contributed by atoms with Crippen LogP contribution in [-0.4, -0.2) is 9.91 Å². The summed E-state index contributed by atoms with van der Waals surface area (Å²) in [5.41, 5.74) is 0.529. The van der Waals surface area contributed by atoms with Crippen molar-refractivity contribution in [1.29, 1.82) is 0 Å². The molecule has 1 aromatic heterocycles. The molecule has 0 fully saturated rings. The number of nitrogens with zero attached hydrogens (tertiary/aromatic N) is 2. The van der Waals surface area contributed by atoms with Gasteiger partial charge in [-0.2, -0.15) is 0 Å². The molecule has 0 aliphatic heterocycles. The molecule has 0 aliphatic carbocycles. The summed E-state index contributed by atoms with van der Waals surface area (Å²) in [6, 6.07) is 6.53. The van der Waals surface area contributed by atoms with Crippen LogP contribution in [0, 0.1) is 21.7 Å². The lowest BCUT2D eigenvalue weighted by atomic mass is 10.2. The van der Waals surface area contributed by atoms with Gasteiger partial charge in [-0.15, -0.1) is 11.8 Å². The number of halogens is 2. The number of hydrogen-bond donors (Lipinski definition) is 0. The summed E-state index contributed by atoms with van der Waals surface area (Å²) < 4.78 is 25.7. The molecule has 0 radical (unpaired) electrons. The Bertz CT molecular complexity index is 605. The summed E-state index contributed by atoms with van der Waals surface area (Å²) in [5, 5.41) is 11.0. The van der Waals surface area contributed by atoms with Gasteiger partial charge in [0.15, 0.2) is 11.6 Å². The van der Waals surface area contributed by atoms with Gasteiger partial charge in [0.2, 0.25) is 0 Å². The Hall–Kier alpha value is -2.02. The van der Waals surface area contributed by atoms with Gasteiger partial charge in [0.1, 0.15) is 6.20 Å². The first-order chi connectivity index (χ1) is 9.06. The Morgan fingerprint density at radius 1 is 1.21 bits per heavy atom. The third-order valence-electron chi connectivity index (χ3n) is 2.30. The predicted octanol–water partition coefficient (Wildman–Crippen LogP) is 3.56. The summed E-state index contributed by atoms with van der Waals surface area (Å²) in [5.74, 6) is -1.38. The van der Waals surface area contributed by atoms with Crippen LogP contribution in [0.2, 0.25) is 0 Å². The minimum absolute atomic E-state index is 0.0859. The van der Waals surface area contributed by atoms with Gasteiger partial charge in [0, 0.05) is 11.8 Å². The zero-order valence-electron chi connectivity index (χ0n) is 9.55. The van der Waals surface area contributed by atoms with E-state index in [1.54, 1.807) is 0 Å². The quantitative estimate of drug-likeness (QED) is 0.489. The fourth-order valence-electron chi connectivity index (χ4n) is 1.35. The second-order valence-electron chi connectivity index (χ2n) is 3.65. The third-order valence-corrected chi connectivity index (χ3v) is 3.32. The minimum Gasteiger partial charge on any atom is -0.258 e. The van der Waals surface area contributed by atoms with E-state index in [0.29, 0.717) is 16.3 Å². The fraction of sp³-hybridized carbons (Fsp3) is 0.0833. The van der Waals surface area contributed by atoms with Crippen LogP contribution in [0.4, 0.5) is 14.5 Å². The Labute approximate surface area is 111 Å². The van der Waals surface area contributed by atoms with Crippen LogP contribution in [0.25, 0.3) is 0 Å². The number of benzene rings is 1. The molecule has 98 valence electrons. The van der Waals surface area contributed by atoms with Crippen LogP contribution in [0.1, 0.15) is 5.56 Å². The average Bonchev–Trinajstić information content (AvgIpc) is 2.40. The van der Waals surface area contributed by atoms with Gasteiger partial charge in [0.05, 0.1) is 9.95 Å². The van der Waals surface area contributed by atoms with E-state index in [0.717, 1.165) is 18.3 Å². The lowest BCUT2D eigenvalue weighted by molar-refractivity contribution is -0.385. The molecule has 2 rings (SSSR count). The highest BCUT2D eigenvalue weighted by atomic mass is 32.2. The van der Waals surface area contributed by atoms with Crippen molar-refractivity contribution >= 4 is 17.4 Å². The van der Waals surface area contributed by atoms with Crippen LogP contribution >= 0.6 is 11.8 Å². The number of rotatable bonds is 4. The SMILES string of the molecule is O=[N+]([O-])c1ccc(SCc2ccc(F)c(F)c2)nc1. The van der Waals surface area contributed by atoms with Crippen molar-refractivity contribution in [3.8, 4) is 0 Å². The zero-order chi connectivity index (χ0) is 13.8. The minimum atomic E-state index is -0.894. The molecule has 1 aromatic carbocycles. The number of nitro groups is 1. The van der Waals surface area contributed by atoms with Crippen molar-refractivity contribution in [2.45, 2.75) is 10.8 Å². The first kappa shape index (κ1) is 13.4. The molecule has 0 saturated carbocycles. The molecular weight excluding hydrogens is 274 g/mol. The molecule has 0 amide bonds. The Morgan fingerprint density at radius 3 is 2.58 bits per heavy atom. The third kappa shape index (κ3) is 3.47. The normalized spacial score (nSPS) is 10.4. The molecule has 0 aliphatic rings. The van der Waals surface area contributed by atoms with E-state index in [9.17, 15) is 18.9 Å². The second-order valence-corrected chi connectivity index (χ2v) is 4.64. The highest BCUT2D eigenvalue weighted by Gasteiger charge is 2.07. The van der Waals surface area contributed by atoms with E-state index in [1.165, 1.54) is 30.0 Å². The van der Waals surface area contributed by atoms with Gasteiger partial charge in [-0.1, -0.05) is 6.07 Å². The van der Waals surface area contributed by atoms with Crippen molar-refractivity contribution in [1.82, 2.24) is 4.98 Å². The highest BCUT2D eigenvalue weighted by molar-refractivity contribution is 7.98. The van der Waals surface area contributed by atoms with Gasteiger partial charge in [-0.25, -0.2) is 13.8 Å². The first-order valence-electron chi connectivity index (χ1n) is 5.23. The van der Waals surface area contributed by atoms with Gasteiger partial charge < -0.3 is 0 Å².